The molecule has 0 radical (unpaired) electrons. The SMILES string of the molecule is COc1ccnc(N2CCCN(S(=O)(=O)C3CC3)CC2)n1. The highest BCUT2D eigenvalue weighted by Gasteiger charge is 2.40. The van der Waals surface area contributed by atoms with Crippen molar-refractivity contribution in [1.82, 2.24) is 14.3 Å². The summed E-state index contributed by atoms with van der Waals surface area (Å²) in [6.07, 6.45) is 4.06. The van der Waals surface area contributed by atoms with Crippen molar-refractivity contribution in [3.63, 3.8) is 0 Å². The molecule has 2 fully saturated rings. The van der Waals surface area contributed by atoms with Crippen LogP contribution < -0.4 is 9.64 Å². The summed E-state index contributed by atoms with van der Waals surface area (Å²) in [6.45, 7) is 2.45. The molecule has 0 spiro atoms. The predicted octanol–water partition coefficient (Wildman–Crippen LogP) is 0.489. The van der Waals surface area contributed by atoms with Gasteiger partial charge in [0, 0.05) is 38.4 Å². The molecule has 1 aromatic rings. The maximum Gasteiger partial charge on any atom is 0.228 e. The van der Waals surface area contributed by atoms with E-state index in [0.717, 1.165) is 25.8 Å². The van der Waals surface area contributed by atoms with Gasteiger partial charge in [-0.3, -0.25) is 0 Å². The number of anilines is 1. The Labute approximate surface area is 125 Å². The van der Waals surface area contributed by atoms with Gasteiger partial charge in [-0.25, -0.2) is 13.4 Å². The number of ether oxygens (including phenoxy) is 1. The lowest BCUT2D eigenvalue weighted by atomic mass is 10.4. The first-order valence-corrected chi connectivity index (χ1v) is 8.72. The van der Waals surface area contributed by atoms with Crippen LogP contribution in [0, 0.1) is 0 Å². The number of methoxy groups -OCH3 is 1. The molecule has 0 amide bonds. The van der Waals surface area contributed by atoms with Gasteiger partial charge < -0.3 is 9.64 Å². The quantitative estimate of drug-likeness (QED) is 0.805. The summed E-state index contributed by atoms with van der Waals surface area (Å²) < 4.78 is 31.3. The van der Waals surface area contributed by atoms with Crippen LogP contribution in [0.3, 0.4) is 0 Å². The van der Waals surface area contributed by atoms with Crippen molar-refractivity contribution in [3.05, 3.63) is 12.3 Å². The van der Waals surface area contributed by atoms with Gasteiger partial charge in [-0.1, -0.05) is 0 Å². The van der Waals surface area contributed by atoms with Crippen LogP contribution in [0.25, 0.3) is 0 Å². The third kappa shape index (κ3) is 3.11. The van der Waals surface area contributed by atoms with Crippen molar-refractivity contribution in [1.29, 1.82) is 0 Å². The molecule has 0 N–H and O–H groups in total. The van der Waals surface area contributed by atoms with Crippen LogP contribution in [0.15, 0.2) is 12.3 Å². The number of aromatic nitrogens is 2. The molecule has 3 rings (SSSR count). The Morgan fingerprint density at radius 3 is 2.76 bits per heavy atom. The van der Waals surface area contributed by atoms with E-state index in [-0.39, 0.29) is 5.25 Å². The standard InChI is InChI=1S/C13H20N4O3S/c1-20-12-5-6-14-13(15-12)16-7-2-8-17(10-9-16)21(18,19)11-3-4-11/h5-6,11H,2-4,7-10H2,1H3. The van der Waals surface area contributed by atoms with Crippen LogP contribution in [-0.4, -0.2) is 61.2 Å². The highest BCUT2D eigenvalue weighted by atomic mass is 32.2. The molecule has 2 aliphatic rings. The van der Waals surface area contributed by atoms with Crippen molar-refractivity contribution in [2.75, 3.05) is 38.2 Å². The molecular weight excluding hydrogens is 292 g/mol. The number of rotatable bonds is 4. The van der Waals surface area contributed by atoms with E-state index in [1.807, 2.05) is 4.90 Å². The van der Waals surface area contributed by atoms with E-state index in [4.69, 9.17) is 4.74 Å². The van der Waals surface area contributed by atoms with Crippen molar-refractivity contribution < 1.29 is 13.2 Å². The lowest BCUT2D eigenvalue weighted by molar-refractivity contribution is 0.396. The van der Waals surface area contributed by atoms with Gasteiger partial charge in [-0.2, -0.15) is 9.29 Å². The maximum absolute atomic E-state index is 12.3. The molecule has 2 heterocycles. The summed E-state index contributed by atoms with van der Waals surface area (Å²) >= 11 is 0. The number of sulfonamides is 1. The zero-order valence-corrected chi connectivity index (χ0v) is 12.9. The minimum Gasteiger partial charge on any atom is -0.481 e. The van der Waals surface area contributed by atoms with E-state index in [2.05, 4.69) is 9.97 Å². The Kier molecular flexibility index (Phi) is 3.99. The predicted molar refractivity (Wildman–Crippen MR) is 78.9 cm³/mol. The largest absolute Gasteiger partial charge is 0.481 e. The molecule has 0 bridgehead atoms. The second-order valence-corrected chi connectivity index (χ2v) is 7.60. The Balaban J connectivity index is 1.70. The van der Waals surface area contributed by atoms with Gasteiger partial charge in [0.2, 0.25) is 21.9 Å². The molecule has 1 saturated heterocycles. The van der Waals surface area contributed by atoms with Crippen LogP contribution >= 0.6 is 0 Å². The minimum atomic E-state index is -3.09. The third-order valence-electron chi connectivity index (χ3n) is 3.87. The van der Waals surface area contributed by atoms with E-state index in [0.29, 0.717) is 31.5 Å². The molecular formula is C13H20N4O3S. The van der Waals surface area contributed by atoms with Gasteiger partial charge in [-0.05, 0) is 19.3 Å². The number of nitrogens with zero attached hydrogens (tertiary/aromatic N) is 4. The van der Waals surface area contributed by atoms with Gasteiger partial charge in [0.25, 0.3) is 0 Å². The number of hydrogen-bond acceptors (Lipinski definition) is 6. The summed E-state index contributed by atoms with van der Waals surface area (Å²) in [6, 6.07) is 1.70. The molecule has 1 aliphatic heterocycles. The fourth-order valence-corrected chi connectivity index (χ4v) is 4.40. The Morgan fingerprint density at radius 1 is 1.24 bits per heavy atom. The first-order valence-electron chi connectivity index (χ1n) is 7.22. The van der Waals surface area contributed by atoms with E-state index < -0.39 is 10.0 Å². The summed E-state index contributed by atoms with van der Waals surface area (Å²) in [7, 11) is -1.52. The van der Waals surface area contributed by atoms with Crippen molar-refractivity contribution in [3.8, 4) is 5.88 Å². The lowest BCUT2D eigenvalue weighted by Gasteiger charge is -2.21. The van der Waals surface area contributed by atoms with E-state index in [1.165, 1.54) is 0 Å². The fraction of sp³-hybridized carbons (Fsp3) is 0.692. The van der Waals surface area contributed by atoms with Crippen molar-refractivity contribution >= 4 is 16.0 Å². The summed E-state index contributed by atoms with van der Waals surface area (Å²) in [5, 5.41) is -0.142. The second-order valence-electron chi connectivity index (χ2n) is 5.38. The van der Waals surface area contributed by atoms with Gasteiger partial charge in [-0.15, -0.1) is 0 Å². The van der Waals surface area contributed by atoms with Crippen LogP contribution in [0.2, 0.25) is 0 Å². The second kappa shape index (κ2) is 5.76. The molecule has 8 heteroatoms. The molecule has 1 saturated carbocycles. The molecule has 1 aromatic heterocycles. The van der Waals surface area contributed by atoms with Crippen LogP contribution in [0.5, 0.6) is 5.88 Å². The summed E-state index contributed by atoms with van der Waals surface area (Å²) in [4.78, 5) is 10.6. The average Bonchev–Trinajstić information content (AvgIpc) is 3.33. The monoisotopic (exact) mass is 312 g/mol. The molecule has 1 aliphatic carbocycles. The average molecular weight is 312 g/mol. The van der Waals surface area contributed by atoms with E-state index >= 15 is 0 Å². The van der Waals surface area contributed by atoms with E-state index in [9.17, 15) is 8.42 Å². The molecule has 116 valence electrons. The topological polar surface area (TPSA) is 75.6 Å². The van der Waals surface area contributed by atoms with Gasteiger partial charge in [0.1, 0.15) is 0 Å². The van der Waals surface area contributed by atoms with Crippen LogP contribution in [-0.2, 0) is 10.0 Å². The van der Waals surface area contributed by atoms with Crippen LogP contribution in [0.4, 0.5) is 5.95 Å². The highest BCUT2D eigenvalue weighted by molar-refractivity contribution is 7.90. The van der Waals surface area contributed by atoms with Gasteiger partial charge >= 0.3 is 0 Å². The normalized spacial score (nSPS) is 21.1. The Hall–Kier alpha value is -1.41. The van der Waals surface area contributed by atoms with Crippen LogP contribution in [0.1, 0.15) is 19.3 Å². The summed E-state index contributed by atoms with van der Waals surface area (Å²) in [5.41, 5.74) is 0. The zero-order chi connectivity index (χ0) is 14.9. The molecule has 21 heavy (non-hydrogen) atoms. The van der Waals surface area contributed by atoms with Gasteiger partial charge in [0.05, 0.1) is 12.4 Å². The fourth-order valence-electron chi connectivity index (χ4n) is 2.52. The molecule has 0 atom stereocenters. The summed E-state index contributed by atoms with van der Waals surface area (Å²) in [5.74, 6) is 1.12. The Morgan fingerprint density at radius 2 is 2.05 bits per heavy atom. The Bertz CT molecular complexity index is 603. The number of hydrogen-bond donors (Lipinski definition) is 0. The van der Waals surface area contributed by atoms with Crippen molar-refractivity contribution in [2.45, 2.75) is 24.5 Å². The third-order valence-corrected chi connectivity index (χ3v) is 6.27. The van der Waals surface area contributed by atoms with E-state index in [1.54, 1.807) is 23.7 Å². The minimum absolute atomic E-state index is 0.142. The van der Waals surface area contributed by atoms with Crippen molar-refractivity contribution in [2.24, 2.45) is 0 Å². The smallest absolute Gasteiger partial charge is 0.228 e. The maximum atomic E-state index is 12.3. The molecule has 0 unspecified atom stereocenters. The molecule has 7 nitrogen and oxygen atoms in total. The highest BCUT2D eigenvalue weighted by Crippen LogP contribution is 2.31. The first kappa shape index (κ1) is 14.5. The van der Waals surface area contributed by atoms with Gasteiger partial charge in [0.15, 0.2) is 0 Å². The first-order chi connectivity index (χ1) is 10.1. The molecule has 0 aromatic carbocycles. The lowest BCUT2D eigenvalue weighted by Crippen LogP contribution is -2.37. The zero-order valence-electron chi connectivity index (χ0n) is 12.1.